The van der Waals surface area contributed by atoms with Crippen LogP contribution in [0.4, 0.5) is 0 Å². The van der Waals surface area contributed by atoms with E-state index in [1.54, 1.807) is 18.2 Å². The first-order chi connectivity index (χ1) is 7.23. The van der Waals surface area contributed by atoms with Gasteiger partial charge in [-0.3, -0.25) is 4.52 Å². The topological polar surface area (TPSA) is 44.8 Å². The molecule has 0 radical (unpaired) electrons. The largest absolute Gasteiger partial charge is 0.476 e. The Morgan fingerprint density at radius 1 is 1.40 bits per heavy atom. The summed E-state index contributed by atoms with van der Waals surface area (Å²) in [4.78, 5) is 0. The first kappa shape index (κ1) is 10.5. The maximum Gasteiger partial charge on any atom is 0.416 e. The zero-order valence-corrected chi connectivity index (χ0v) is 9.41. The van der Waals surface area contributed by atoms with E-state index in [0.29, 0.717) is 18.1 Å². The average molecular weight is 228 g/mol. The number of benzene rings is 1. The number of fused-ring (bicyclic) bond motifs is 1. The van der Waals surface area contributed by atoms with E-state index >= 15 is 0 Å². The van der Waals surface area contributed by atoms with Gasteiger partial charge in [0.25, 0.3) is 0 Å². The molecule has 15 heavy (non-hydrogen) atoms. The summed E-state index contributed by atoms with van der Waals surface area (Å²) < 4.78 is 27.8. The molecule has 1 unspecified atom stereocenters. The third-order valence-electron chi connectivity index (χ3n) is 1.96. The van der Waals surface area contributed by atoms with Gasteiger partial charge in [0.05, 0.1) is 6.61 Å². The SMILES string of the molecule is CCCOP1(=O)COc2ccccc2O1. The molecule has 1 aliphatic heterocycles. The summed E-state index contributed by atoms with van der Waals surface area (Å²) in [5, 5.41) is 0. The monoisotopic (exact) mass is 228 g/mol. The van der Waals surface area contributed by atoms with E-state index in [0.717, 1.165) is 6.42 Å². The van der Waals surface area contributed by atoms with Crippen molar-refractivity contribution in [2.75, 3.05) is 13.0 Å². The Kier molecular flexibility index (Phi) is 2.98. The zero-order valence-electron chi connectivity index (χ0n) is 8.51. The Hall–Kier alpha value is -0.990. The summed E-state index contributed by atoms with van der Waals surface area (Å²) in [7, 11) is -3.08. The Morgan fingerprint density at radius 2 is 2.13 bits per heavy atom. The molecule has 0 fully saturated rings. The van der Waals surface area contributed by atoms with Crippen molar-refractivity contribution in [3.8, 4) is 11.5 Å². The van der Waals surface area contributed by atoms with E-state index in [9.17, 15) is 4.57 Å². The van der Waals surface area contributed by atoms with Gasteiger partial charge in [-0.15, -0.1) is 0 Å². The summed E-state index contributed by atoms with van der Waals surface area (Å²) in [5.74, 6) is 1.10. The van der Waals surface area contributed by atoms with E-state index in [-0.39, 0.29) is 6.35 Å². The number of hydrogen-bond acceptors (Lipinski definition) is 4. The summed E-state index contributed by atoms with van der Waals surface area (Å²) in [5.41, 5.74) is 0. The highest BCUT2D eigenvalue weighted by Crippen LogP contribution is 2.54. The molecule has 0 amide bonds. The molecule has 0 bridgehead atoms. The normalized spacial score (nSPS) is 23.8. The van der Waals surface area contributed by atoms with Gasteiger partial charge < -0.3 is 9.26 Å². The molecule has 0 aromatic heterocycles. The maximum atomic E-state index is 12.0. The quantitative estimate of drug-likeness (QED) is 0.746. The molecule has 4 nitrogen and oxygen atoms in total. The second-order valence-electron chi connectivity index (χ2n) is 3.26. The van der Waals surface area contributed by atoms with Crippen molar-refractivity contribution in [2.24, 2.45) is 0 Å². The van der Waals surface area contributed by atoms with E-state index in [1.807, 2.05) is 13.0 Å². The van der Waals surface area contributed by atoms with E-state index in [4.69, 9.17) is 13.8 Å². The van der Waals surface area contributed by atoms with Crippen LogP contribution < -0.4 is 9.26 Å². The zero-order chi connectivity index (χ0) is 10.7. The van der Waals surface area contributed by atoms with Gasteiger partial charge in [-0.1, -0.05) is 19.1 Å². The minimum atomic E-state index is -3.08. The second kappa shape index (κ2) is 4.25. The van der Waals surface area contributed by atoms with Crippen molar-refractivity contribution in [3.63, 3.8) is 0 Å². The lowest BCUT2D eigenvalue weighted by atomic mass is 10.3. The van der Waals surface area contributed by atoms with Crippen molar-refractivity contribution in [2.45, 2.75) is 13.3 Å². The van der Waals surface area contributed by atoms with Crippen LogP contribution in [0.2, 0.25) is 0 Å². The van der Waals surface area contributed by atoms with Crippen LogP contribution in [0.25, 0.3) is 0 Å². The van der Waals surface area contributed by atoms with Crippen molar-refractivity contribution >= 4 is 7.60 Å². The Labute approximate surface area is 88.7 Å². The molecule has 2 rings (SSSR count). The number of ether oxygens (including phenoxy) is 1. The summed E-state index contributed by atoms with van der Waals surface area (Å²) >= 11 is 0. The van der Waals surface area contributed by atoms with Gasteiger partial charge in [0, 0.05) is 0 Å². The van der Waals surface area contributed by atoms with Crippen molar-refractivity contribution in [1.82, 2.24) is 0 Å². The molecule has 0 aliphatic carbocycles. The predicted octanol–water partition coefficient (Wildman–Crippen LogP) is 3.04. The number of hydrogen-bond donors (Lipinski definition) is 0. The first-order valence-corrected chi connectivity index (χ1v) is 6.61. The maximum absolute atomic E-state index is 12.0. The molecular weight excluding hydrogens is 215 g/mol. The molecule has 5 heteroatoms. The minimum Gasteiger partial charge on any atom is -0.476 e. The molecule has 0 saturated carbocycles. The standard InChI is InChI=1S/C10H13O4P/c1-2-7-13-15(11)8-12-9-5-3-4-6-10(9)14-15/h3-6H,2,7-8H2,1H3. The fourth-order valence-electron chi connectivity index (χ4n) is 1.26. The Balaban J connectivity index is 2.14. The van der Waals surface area contributed by atoms with Crippen LogP contribution in [0.5, 0.6) is 11.5 Å². The highest BCUT2D eigenvalue weighted by atomic mass is 31.2. The lowest BCUT2D eigenvalue weighted by Gasteiger charge is -2.25. The molecule has 1 atom stereocenters. The fourth-order valence-corrected chi connectivity index (χ4v) is 2.65. The lowest BCUT2D eigenvalue weighted by Crippen LogP contribution is -2.13. The van der Waals surface area contributed by atoms with Gasteiger partial charge in [-0.25, -0.2) is 4.57 Å². The van der Waals surface area contributed by atoms with Crippen molar-refractivity contribution in [1.29, 1.82) is 0 Å². The molecule has 0 N–H and O–H groups in total. The van der Waals surface area contributed by atoms with E-state index in [2.05, 4.69) is 0 Å². The lowest BCUT2D eigenvalue weighted by molar-refractivity contribution is 0.216. The van der Waals surface area contributed by atoms with Gasteiger partial charge in [0.2, 0.25) is 6.35 Å². The van der Waals surface area contributed by atoms with E-state index < -0.39 is 7.60 Å². The van der Waals surface area contributed by atoms with Gasteiger partial charge >= 0.3 is 7.60 Å². The molecule has 1 heterocycles. The van der Waals surface area contributed by atoms with Crippen LogP contribution in [0.15, 0.2) is 24.3 Å². The third kappa shape index (κ3) is 2.33. The van der Waals surface area contributed by atoms with Crippen LogP contribution in [0.1, 0.15) is 13.3 Å². The third-order valence-corrected chi connectivity index (χ3v) is 3.45. The molecule has 82 valence electrons. The Bertz CT molecular complexity index is 391. The van der Waals surface area contributed by atoms with Crippen LogP contribution in [0.3, 0.4) is 0 Å². The molecule has 0 spiro atoms. The van der Waals surface area contributed by atoms with E-state index in [1.165, 1.54) is 0 Å². The second-order valence-corrected chi connectivity index (χ2v) is 5.18. The number of para-hydroxylation sites is 2. The first-order valence-electron chi connectivity index (χ1n) is 4.88. The van der Waals surface area contributed by atoms with Crippen LogP contribution in [-0.4, -0.2) is 13.0 Å². The minimum absolute atomic E-state index is 0.00991. The molecule has 0 saturated heterocycles. The smallest absolute Gasteiger partial charge is 0.416 e. The molecule has 1 aromatic rings. The predicted molar refractivity (Wildman–Crippen MR) is 56.4 cm³/mol. The van der Waals surface area contributed by atoms with Crippen LogP contribution in [-0.2, 0) is 9.09 Å². The fraction of sp³-hybridized carbons (Fsp3) is 0.400. The molecular formula is C10H13O4P. The summed E-state index contributed by atoms with van der Waals surface area (Å²) in [6.45, 7) is 2.37. The summed E-state index contributed by atoms with van der Waals surface area (Å²) in [6.07, 6.45) is 0.791. The van der Waals surface area contributed by atoms with Crippen LogP contribution in [0, 0.1) is 0 Å². The van der Waals surface area contributed by atoms with Gasteiger partial charge in [-0.05, 0) is 18.6 Å². The molecule has 1 aromatic carbocycles. The highest BCUT2D eigenvalue weighted by molar-refractivity contribution is 7.54. The van der Waals surface area contributed by atoms with Gasteiger partial charge in [0.15, 0.2) is 11.5 Å². The molecule has 1 aliphatic rings. The highest BCUT2D eigenvalue weighted by Gasteiger charge is 2.32. The average Bonchev–Trinajstić information content (AvgIpc) is 2.26. The summed E-state index contributed by atoms with van der Waals surface area (Å²) in [6, 6.07) is 7.14. The van der Waals surface area contributed by atoms with Crippen molar-refractivity contribution in [3.05, 3.63) is 24.3 Å². The van der Waals surface area contributed by atoms with Gasteiger partial charge in [-0.2, -0.15) is 0 Å². The number of rotatable bonds is 3. The van der Waals surface area contributed by atoms with Crippen LogP contribution >= 0.6 is 7.60 Å². The van der Waals surface area contributed by atoms with Gasteiger partial charge in [0.1, 0.15) is 0 Å². The van der Waals surface area contributed by atoms with Crippen molar-refractivity contribution < 1.29 is 18.3 Å². The Morgan fingerprint density at radius 3 is 2.87 bits per heavy atom.